The molecule has 0 fully saturated rings. The van der Waals surface area contributed by atoms with Gasteiger partial charge in [-0.1, -0.05) is 22.0 Å². The van der Waals surface area contributed by atoms with E-state index >= 15 is 0 Å². The fraction of sp³-hybridized carbons (Fsp3) is 0.231. The van der Waals surface area contributed by atoms with Crippen molar-refractivity contribution in [2.24, 2.45) is 0 Å². The molecule has 1 heterocycles. The van der Waals surface area contributed by atoms with E-state index in [-0.39, 0.29) is 0 Å². The first-order chi connectivity index (χ1) is 7.58. The van der Waals surface area contributed by atoms with Gasteiger partial charge in [-0.3, -0.25) is 0 Å². The number of aliphatic hydroxyl groups is 1. The van der Waals surface area contributed by atoms with E-state index < -0.39 is 6.10 Å². The fourth-order valence-corrected chi connectivity index (χ4v) is 2.79. The summed E-state index contributed by atoms with van der Waals surface area (Å²) in [4.78, 5) is 1.22. The molecule has 0 aliphatic carbocycles. The molecule has 0 bridgehead atoms. The topological polar surface area (TPSA) is 20.2 Å². The Kier molecular flexibility index (Phi) is 3.47. The quantitative estimate of drug-likeness (QED) is 0.880. The van der Waals surface area contributed by atoms with E-state index in [2.05, 4.69) is 22.9 Å². The minimum atomic E-state index is -0.526. The molecular weight excluding hydrogens is 284 g/mol. The molecular formula is C13H13BrOS. The van der Waals surface area contributed by atoms with Crippen LogP contribution in [-0.4, -0.2) is 5.11 Å². The van der Waals surface area contributed by atoms with Gasteiger partial charge in [0, 0.05) is 9.35 Å². The van der Waals surface area contributed by atoms with Crippen LogP contribution >= 0.6 is 27.3 Å². The van der Waals surface area contributed by atoms with Crippen molar-refractivity contribution in [1.82, 2.24) is 0 Å². The Morgan fingerprint density at radius 3 is 2.62 bits per heavy atom. The van der Waals surface area contributed by atoms with E-state index in [0.29, 0.717) is 0 Å². The number of aryl methyl sites for hydroxylation is 2. The molecule has 3 heteroatoms. The van der Waals surface area contributed by atoms with E-state index in [1.165, 1.54) is 4.88 Å². The lowest BCUT2D eigenvalue weighted by Crippen LogP contribution is -2.00. The predicted octanol–water partition coefficient (Wildman–Crippen LogP) is 4.21. The normalized spacial score (nSPS) is 12.8. The van der Waals surface area contributed by atoms with E-state index in [0.717, 1.165) is 21.2 Å². The summed E-state index contributed by atoms with van der Waals surface area (Å²) < 4.78 is 0.999. The maximum atomic E-state index is 10.3. The first-order valence-electron chi connectivity index (χ1n) is 5.07. The Bertz CT molecular complexity index is 504. The Labute approximate surface area is 108 Å². The lowest BCUT2D eigenvalue weighted by atomic mass is 9.99. The highest BCUT2D eigenvalue weighted by Crippen LogP contribution is 2.29. The maximum absolute atomic E-state index is 10.3. The van der Waals surface area contributed by atoms with Crippen molar-refractivity contribution in [2.45, 2.75) is 20.0 Å². The summed E-state index contributed by atoms with van der Waals surface area (Å²) in [5, 5.41) is 12.3. The van der Waals surface area contributed by atoms with Crippen molar-refractivity contribution >= 4 is 27.3 Å². The van der Waals surface area contributed by atoms with E-state index in [1.807, 2.05) is 36.6 Å². The third-order valence-electron chi connectivity index (χ3n) is 2.60. The summed E-state index contributed by atoms with van der Waals surface area (Å²) in [6, 6.07) is 8.02. The van der Waals surface area contributed by atoms with Crippen LogP contribution in [0.1, 0.15) is 27.7 Å². The summed E-state index contributed by atoms with van der Waals surface area (Å²) in [5.41, 5.74) is 3.05. The summed E-state index contributed by atoms with van der Waals surface area (Å²) >= 11 is 5.10. The van der Waals surface area contributed by atoms with E-state index in [4.69, 9.17) is 0 Å². The molecule has 1 atom stereocenters. The van der Waals surface area contributed by atoms with Gasteiger partial charge >= 0.3 is 0 Å². The molecule has 0 saturated carbocycles. The Balaban J connectivity index is 2.40. The maximum Gasteiger partial charge on any atom is 0.105 e. The van der Waals surface area contributed by atoms with Gasteiger partial charge < -0.3 is 5.11 Å². The molecule has 1 aromatic carbocycles. The van der Waals surface area contributed by atoms with Crippen molar-refractivity contribution in [3.05, 3.63) is 55.7 Å². The third-order valence-corrected chi connectivity index (χ3v) is 3.98. The number of aliphatic hydroxyl groups excluding tert-OH is 1. The first-order valence-corrected chi connectivity index (χ1v) is 6.74. The zero-order valence-corrected chi connectivity index (χ0v) is 11.6. The van der Waals surface area contributed by atoms with Crippen molar-refractivity contribution in [1.29, 1.82) is 0 Å². The third kappa shape index (κ3) is 2.37. The number of rotatable bonds is 2. The van der Waals surface area contributed by atoms with Crippen molar-refractivity contribution < 1.29 is 5.11 Å². The molecule has 16 heavy (non-hydrogen) atoms. The monoisotopic (exact) mass is 296 g/mol. The van der Waals surface area contributed by atoms with Crippen LogP contribution in [0.4, 0.5) is 0 Å². The van der Waals surface area contributed by atoms with Crippen LogP contribution in [0, 0.1) is 13.8 Å². The largest absolute Gasteiger partial charge is 0.384 e. The highest BCUT2D eigenvalue weighted by molar-refractivity contribution is 9.10. The van der Waals surface area contributed by atoms with Gasteiger partial charge in [0.2, 0.25) is 0 Å². The highest BCUT2D eigenvalue weighted by Gasteiger charge is 2.14. The summed E-state index contributed by atoms with van der Waals surface area (Å²) in [6.07, 6.45) is -0.526. The van der Waals surface area contributed by atoms with Crippen LogP contribution < -0.4 is 0 Å². The van der Waals surface area contributed by atoms with Gasteiger partial charge in [0.1, 0.15) is 6.10 Å². The molecule has 0 amide bonds. The van der Waals surface area contributed by atoms with Gasteiger partial charge in [-0.05, 0) is 54.1 Å². The van der Waals surface area contributed by atoms with Crippen molar-refractivity contribution in [3.63, 3.8) is 0 Å². The number of halogens is 1. The van der Waals surface area contributed by atoms with Crippen LogP contribution in [0.15, 0.2) is 34.1 Å². The SMILES string of the molecule is Cc1cc(C(O)c2cc(Br)ccc2C)cs1. The van der Waals surface area contributed by atoms with Crippen LogP contribution in [0.3, 0.4) is 0 Å². The average molecular weight is 297 g/mol. The zero-order chi connectivity index (χ0) is 11.7. The fourth-order valence-electron chi connectivity index (χ4n) is 1.69. The summed E-state index contributed by atoms with van der Waals surface area (Å²) in [5.74, 6) is 0. The Morgan fingerprint density at radius 2 is 2.00 bits per heavy atom. The second-order valence-corrected chi connectivity index (χ2v) is 5.93. The molecule has 1 N–H and O–H groups in total. The van der Waals surface area contributed by atoms with Crippen LogP contribution in [0.25, 0.3) is 0 Å². The average Bonchev–Trinajstić information content (AvgIpc) is 2.67. The van der Waals surface area contributed by atoms with Gasteiger partial charge in [0.25, 0.3) is 0 Å². The lowest BCUT2D eigenvalue weighted by Gasteiger charge is -2.12. The summed E-state index contributed by atoms with van der Waals surface area (Å²) in [6.45, 7) is 4.07. The van der Waals surface area contributed by atoms with E-state index in [1.54, 1.807) is 11.3 Å². The van der Waals surface area contributed by atoms with Gasteiger partial charge in [-0.25, -0.2) is 0 Å². The Morgan fingerprint density at radius 1 is 1.25 bits per heavy atom. The number of thiophene rings is 1. The molecule has 0 aliphatic heterocycles. The minimum absolute atomic E-state index is 0.526. The smallest absolute Gasteiger partial charge is 0.105 e. The van der Waals surface area contributed by atoms with Gasteiger partial charge in [0.05, 0.1) is 0 Å². The first kappa shape index (κ1) is 11.8. The molecule has 1 unspecified atom stereocenters. The molecule has 2 rings (SSSR count). The highest BCUT2D eigenvalue weighted by atomic mass is 79.9. The molecule has 0 aliphatic rings. The van der Waals surface area contributed by atoms with Crippen LogP contribution in [0.2, 0.25) is 0 Å². The zero-order valence-electron chi connectivity index (χ0n) is 9.20. The van der Waals surface area contributed by atoms with Gasteiger partial charge in [-0.2, -0.15) is 0 Å². The Hall–Kier alpha value is -0.640. The minimum Gasteiger partial charge on any atom is -0.384 e. The lowest BCUT2D eigenvalue weighted by molar-refractivity contribution is 0.220. The molecule has 1 aromatic heterocycles. The van der Waals surface area contributed by atoms with E-state index in [9.17, 15) is 5.11 Å². The van der Waals surface area contributed by atoms with Crippen LogP contribution in [-0.2, 0) is 0 Å². The standard InChI is InChI=1S/C13H13BrOS/c1-8-3-4-11(14)6-12(8)13(15)10-5-9(2)16-7-10/h3-7,13,15H,1-2H3. The molecule has 1 nitrogen and oxygen atoms in total. The van der Waals surface area contributed by atoms with Gasteiger partial charge in [-0.15, -0.1) is 11.3 Å². The molecule has 84 valence electrons. The predicted molar refractivity (Wildman–Crippen MR) is 72.0 cm³/mol. The second kappa shape index (κ2) is 4.70. The summed E-state index contributed by atoms with van der Waals surface area (Å²) in [7, 11) is 0. The second-order valence-electron chi connectivity index (χ2n) is 3.89. The number of hydrogen-bond acceptors (Lipinski definition) is 2. The molecule has 2 aromatic rings. The molecule has 0 radical (unpaired) electrons. The number of benzene rings is 1. The van der Waals surface area contributed by atoms with Crippen molar-refractivity contribution in [3.8, 4) is 0 Å². The van der Waals surface area contributed by atoms with Crippen LogP contribution in [0.5, 0.6) is 0 Å². The van der Waals surface area contributed by atoms with Crippen molar-refractivity contribution in [2.75, 3.05) is 0 Å². The van der Waals surface area contributed by atoms with Gasteiger partial charge in [0.15, 0.2) is 0 Å². The molecule has 0 saturated heterocycles. The molecule has 0 spiro atoms. The number of hydrogen-bond donors (Lipinski definition) is 1.